The van der Waals surface area contributed by atoms with E-state index in [9.17, 15) is 4.39 Å². The van der Waals surface area contributed by atoms with Gasteiger partial charge in [0.15, 0.2) is 0 Å². The maximum atomic E-state index is 13.2. The van der Waals surface area contributed by atoms with Crippen LogP contribution >= 0.6 is 0 Å². The average Bonchev–Trinajstić information content (AvgIpc) is 2.47. The summed E-state index contributed by atoms with van der Waals surface area (Å²) in [5.41, 5.74) is 1.19. The SMILES string of the molecule is ON=c1cc(-c2cccnc2)oc2ccc(F)cc12. The van der Waals surface area contributed by atoms with E-state index in [1.807, 2.05) is 6.07 Å². The molecule has 5 heteroatoms. The van der Waals surface area contributed by atoms with Crippen molar-refractivity contribution in [2.24, 2.45) is 5.16 Å². The molecule has 0 saturated heterocycles. The van der Waals surface area contributed by atoms with Crippen LogP contribution in [0.2, 0.25) is 0 Å². The Morgan fingerprint density at radius 2 is 2.11 bits per heavy atom. The van der Waals surface area contributed by atoms with Gasteiger partial charge in [0.25, 0.3) is 0 Å². The first-order chi connectivity index (χ1) is 9.28. The molecular weight excluding hydrogens is 247 g/mol. The molecule has 0 aliphatic rings. The molecule has 19 heavy (non-hydrogen) atoms. The summed E-state index contributed by atoms with van der Waals surface area (Å²) in [7, 11) is 0. The summed E-state index contributed by atoms with van der Waals surface area (Å²) >= 11 is 0. The Kier molecular flexibility index (Phi) is 2.72. The molecule has 3 aromatic rings. The van der Waals surface area contributed by atoms with Crippen molar-refractivity contribution in [1.29, 1.82) is 0 Å². The highest BCUT2D eigenvalue weighted by Gasteiger charge is 2.07. The van der Waals surface area contributed by atoms with Gasteiger partial charge in [-0.15, -0.1) is 0 Å². The molecule has 0 saturated carbocycles. The first kappa shape index (κ1) is 11.4. The highest BCUT2D eigenvalue weighted by Crippen LogP contribution is 2.21. The van der Waals surface area contributed by atoms with Crippen molar-refractivity contribution >= 4 is 11.0 Å². The molecule has 3 rings (SSSR count). The molecule has 0 amide bonds. The molecule has 94 valence electrons. The van der Waals surface area contributed by atoms with Crippen molar-refractivity contribution < 1.29 is 14.0 Å². The van der Waals surface area contributed by atoms with Gasteiger partial charge in [0.05, 0.1) is 0 Å². The van der Waals surface area contributed by atoms with Crippen LogP contribution in [0.4, 0.5) is 4.39 Å². The maximum Gasteiger partial charge on any atom is 0.138 e. The topological polar surface area (TPSA) is 58.6 Å². The molecule has 0 radical (unpaired) electrons. The lowest BCUT2D eigenvalue weighted by atomic mass is 10.1. The molecular formula is C14H9FN2O2. The molecule has 2 aromatic heterocycles. The number of fused-ring (bicyclic) bond motifs is 1. The van der Waals surface area contributed by atoms with E-state index in [1.165, 1.54) is 18.2 Å². The summed E-state index contributed by atoms with van der Waals surface area (Å²) in [4.78, 5) is 4.00. The van der Waals surface area contributed by atoms with Gasteiger partial charge in [-0.1, -0.05) is 5.16 Å². The van der Waals surface area contributed by atoms with E-state index in [1.54, 1.807) is 24.5 Å². The van der Waals surface area contributed by atoms with Crippen molar-refractivity contribution in [3.8, 4) is 11.3 Å². The van der Waals surface area contributed by atoms with Gasteiger partial charge >= 0.3 is 0 Å². The van der Waals surface area contributed by atoms with Gasteiger partial charge < -0.3 is 9.62 Å². The maximum absolute atomic E-state index is 13.2. The molecule has 1 aromatic carbocycles. The van der Waals surface area contributed by atoms with Crippen molar-refractivity contribution in [3.05, 3.63) is 60.0 Å². The van der Waals surface area contributed by atoms with E-state index in [4.69, 9.17) is 9.62 Å². The predicted octanol–water partition coefficient (Wildman–Crippen LogP) is 2.92. The third-order valence-electron chi connectivity index (χ3n) is 2.76. The smallest absolute Gasteiger partial charge is 0.138 e. The fourth-order valence-electron chi connectivity index (χ4n) is 1.87. The van der Waals surface area contributed by atoms with Crippen molar-refractivity contribution in [1.82, 2.24) is 4.98 Å². The second kappa shape index (κ2) is 4.53. The van der Waals surface area contributed by atoms with Gasteiger partial charge in [0.1, 0.15) is 22.5 Å². The summed E-state index contributed by atoms with van der Waals surface area (Å²) in [6.45, 7) is 0. The van der Waals surface area contributed by atoms with Gasteiger partial charge in [0, 0.05) is 29.4 Å². The molecule has 0 unspecified atom stereocenters. The first-order valence-corrected chi connectivity index (χ1v) is 5.60. The second-order valence-electron chi connectivity index (χ2n) is 3.98. The molecule has 0 bridgehead atoms. The third kappa shape index (κ3) is 2.06. The van der Waals surface area contributed by atoms with Crippen molar-refractivity contribution in [2.75, 3.05) is 0 Å². The van der Waals surface area contributed by atoms with Crippen molar-refractivity contribution in [2.45, 2.75) is 0 Å². The third-order valence-corrected chi connectivity index (χ3v) is 2.76. The van der Waals surface area contributed by atoms with Crippen LogP contribution in [0.1, 0.15) is 0 Å². The molecule has 1 N–H and O–H groups in total. The van der Waals surface area contributed by atoms with E-state index in [-0.39, 0.29) is 5.36 Å². The highest BCUT2D eigenvalue weighted by molar-refractivity contribution is 5.78. The summed E-state index contributed by atoms with van der Waals surface area (Å²) in [6, 6.07) is 9.19. The molecule has 2 heterocycles. The van der Waals surface area contributed by atoms with Crippen LogP contribution in [-0.4, -0.2) is 10.2 Å². The quantitative estimate of drug-likeness (QED) is 0.538. The van der Waals surface area contributed by atoms with Crippen molar-refractivity contribution in [3.63, 3.8) is 0 Å². The number of benzene rings is 1. The Labute approximate surface area is 107 Å². The Balaban J connectivity index is 2.33. The number of hydrogen-bond acceptors (Lipinski definition) is 4. The molecule has 0 spiro atoms. The number of halogens is 1. The first-order valence-electron chi connectivity index (χ1n) is 5.60. The lowest BCUT2D eigenvalue weighted by molar-refractivity contribution is 0.302. The molecule has 0 fully saturated rings. The van der Waals surface area contributed by atoms with Gasteiger partial charge in [-0.05, 0) is 30.3 Å². The average molecular weight is 256 g/mol. The fraction of sp³-hybridized carbons (Fsp3) is 0. The van der Waals surface area contributed by atoms with Gasteiger partial charge in [-0.2, -0.15) is 0 Å². The van der Waals surface area contributed by atoms with Crippen LogP contribution in [0.3, 0.4) is 0 Å². The highest BCUT2D eigenvalue weighted by atomic mass is 19.1. The van der Waals surface area contributed by atoms with E-state index in [0.29, 0.717) is 16.7 Å². The Morgan fingerprint density at radius 3 is 2.84 bits per heavy atom. The Bertz CT molecular complexity index is 797. The van der Waals surface area contributed by atoms with E-state index in [0.717, 1.165) is 5.56 Å². The van der Waals surface area contributed by atoms with E-state index >= 15 is 0 Å². The minimum Gasteiger partial charge on any atom is -0.456 e. The zero-order valence-corrected chi connectivity index (χ0v) is 9.75. The summed E-state index contributed by atoms with van der Waals surface area (Å²) in [6.07, 6.45) is 3.28. The van der Waals surface area contributed by atoms with E-state index in [2.05, 4.69) is 10.1 Å². The number of aromatic nitrogens is 1. The lowest BCUT2D eigenvalue weighted by Gasteiger charge is -2.03. The minimum atomic E-state index is -0.415. The molecule has 0 aliphatic heterocycles. The lowest BCUT2D eigenvalue weighted by Crippen LogP contribution is -2.03. The monoisotopic (exact) mass is 256 g/mol. The second-order valence-corrected chi connectivity index (χ2v) is 3.98. The largest absolute Gasteiger partial charge is 0.456 e. The predicted molar refractivity (Wildman–Crippen MR) is 66.8 cm³/mol. The molecule has 4 nitrogen and oxygen atoms in total. The fourth-order valence-corrected chi connectivity index (χ4v) is 1.87. The van der Waals surface area contributed by atoms with Gasteiger partial charge in [0.2, 0.25) is 0 Å². The number of nitrogens with zero attached hydrogens (tertiary/aromatic N) is 2. The van der Waals surface area contributed by atoms with Crippen LogP contribution in [-0.2, 0) is 0 Å². The van der Waals surface area contributed by atoms with E-state index < -0.39 is 5.82 Å². The summed E-state index contributed by atoms with van der Waals surface area (Å²) < 4.78 is 18.9. The van der Waals surface area contributed by atoms with Crippen LogP contribution < -0.4 is 5.36 Å². The zero-order valence-electron chi connectivity index (χ0n) is 9.75. The van der Waals surface area contributed by atoms with Crippen LogP contribution in [0.5, 0.6) is 0 Å². The Hall–Kier alpha value is -2.69. The van der Waals surface area contributed by atoms with Crippen LogP contribution in [0.25, 0.3) is 22.3 Å². The summed E-state index contributed by atoms with van der Waals surface area (Å²) in [5, 5.41) is 12.9. The molecule has 0 aliphatic carbocycles. The normalized spacial score (nSPS) is 11.9. The minimum absolute atomic E-state index is 0.250. The Morgan fingerprint density at radius 1 is 1.21 bits per heavy atom. The summed E-state index contributed by atoms with van der Waals surface area (Å²) in [5.74, 6) is 0.0849. The number of rotatable bonds is 1. The standard InChI is InChI=1S/C14H9FN2O2/c15-10-3-4-13-11(6-10)12(17-18)7-14(19-13)9-2-1-5-16-8-9/h1-8,18H. The van der Waals surface area contributed by atoms with Crippen LogP contribution in [0, 0.1) is 5.82 Å². The van der Waals surface area contributed by atoms with Gasteiger partial charge in [-0.25, -0.2) is 4.39 Å². The zero-order chi connectivity index (χ0) is 13.2. The van der Waals surface area contributed by atoms with Gasteiger partial charge in [-0.3, -0.25) is 4.98 Å². The number of pyridine rings is 1. The number of hydrogen-bond donors (Lipinski definition) is 1. The molecule has 0 atom stereocenters. The van der Waals surface area contributed by atoms with Crippen LogP contribution in [0.15, 0.2) is 58.4 Å².